The number of likely N-dealkylation sites (tertiary alicyclic amines) is 1. The average Bonchev–Trinajstić information content (AvgIpc) is 2.84. The maximum absolute atomic E-state index is 12.0. The lowest BCUT2D eigenvalue weighted by Crippen LogP contribution is -2.42. The molecule has 20 heavy (non-hydrogen) atoms. The molecule has 0 saturated carbocycles. The second-order valence-corrected chi connectivity index (χ2v) is 6.25. The van der Waals surface area contributed by atoms with Crippen molar-refractivity contribution in [2.75, 3.05) is 31.1 Å². The molecule has 0 radical (unpaired) electrons. The summed E-state index contributed by atoms with van der Waals surface area (Å²) in [5.41, 5.74) is -0.746. The monoisotopic (exact) mass is 300 g/mol. The van der Waals surface area contributed by atoms with Crippen molar-refractivity contribution in [1.29, 1.82) is 0 Å². The Balaban J connectivity index is 2.40. The van der Waals surface area contributed by atoms with Crippen LogP contribution in [0.3, 0.4) is 0 Å². The van der Waals surface area contributed by atoms with Crippen molar-refractivity contribution in [3.8, 4) is 0 Å². The normalized spacial score (nSPS) is 21.8. The molecular formula is C14H24N2O3S. The Morgan fingerprint density at radius 3 is 2.90 bits per heavy atom. The molecule has 1 fully saturated rings. The zero-order valence-electron chi connectivity index (χ0n) is 12.1. The van der Waals surface area contributed by atoms with E-state index in [1.54, 1.807) is 16.7 Å². The van der Waals surface area contributed by atoms with Crippen LogP contribution in [0.4, 0.5) is 4.79 Å². The number of rotatable bonds is 8. The highest BCUT2D eigenvalue weighted by Gasteiger charge is 2.45. The zero-order valence-corrected chi connectivity index (χ0v) is 12.9. The van der Waals surface area contributed by atoms with Crippen LogP contribution in [0.25, 0.3) is 0 Å². The van der Waals surface area contributed by atoms with E-state index < -0.39 is 11.4 Å². The second kappa shape index (κ2) is 8.19. The van der Waals surface area contributed by atoms with E-state index in [0.717, 1.165) is 17.9 Å². The first-order chi connectivity index (χ1) is 9.55. The Morgan fingerprint density at radius 1 is 1.55 bits per heavy atom. The highest BCUT2D eigenvalue weighted by molar-refractivity contribution is 7.99. The van der Waals surface area contributed by atoms with Crippen molar-refractivity contribution >= 4 is 23.8 Å². The summed E-state index contributed by atoms with van der Waals surface area (Å²) in [5.74, 6) is 0.930. The minimum Gasteiger partial charge on any atom is -0.481 e. The number of nitrogens with zero attached hydrogens (tertiary/aromatic N) is 1. The fraction of sp³-hybridized carbons (Fsp3) is 0.714. The van der Waals surface area contributed by atoms with Gasteiger partial charge in [0.15, 0.2) is 0 Å². The van der Waals surface area contributed by atoms with Gasteiger partial charge in [0.2, 0.25) is 0 Å². The van der Waals surface area contributed by atoms with E-state index >= 15 is 0 Å². The highest BCUT2D eigenvalue weighted by Crippen LogP contribution is 2.35. The SMILES string of the molecule is C=CCSCCNC(=O)N1CCC(CCC)(C(=O)O)C1. The number of aliphatic carboxylic acids is 1. The number of nitrogens with one attached hydrogen (secondary N) is 1. The quantitative estimate of drug-likeness (QED) is 0.532. The number of thioether (sulfide) groups is 1. The van der Waals surface area contributed by atoms with Crippen LogP contribution < -0.4 is 5.32 Å². The van der Waals surface area contributed by atoms with E-state index in [1.807, 2.05) is 13.0 Å². The first-order valence-corrected chi connectivity index (χ1v) is 8.16. The topological polar surface area (TPSA) is 69.6 Å². The highest BCUT2D eigenvalue weighted by atomic mass is 32.2. The summed E-state index contributed by atoms with van der Waals surface area (Å²) >= 11 is 1.71. The van der Waals surface area contributed by atoms with Crippen LogP contribution in [0.1, 0.15) is 26.2 Å². The molecule has 0 aromatic heterocycles. The number of urea groups is 1. The first kappa shape index (κ1) is 16.9. The molecule has 6 heteroatoms. The van der Waals surface area contributed by atoms with E-state index in [0.29, 0.717) is 32.5 Å². The third kappa shape index (κ3) is 4.44. The van der Waals surface area contributed by atoms with Gasteiger partial charge in [0.1, 0.15) is 0 Å². The number of carbonyl (C=O) groups is 2. The molecule has 1 rings (SSSR count). The van der Waals surface area contributed by atoms with Gasteiger partial charge in [0, 0.05) is 31.1 Å². The maximum atomic E-state index is 12.0. The summed E-state index contributed by atoms with van der Waals surface area (Å²) in [6.07, 6.45) is 3.83. The predicted molar refractivity (Wildman–Crippen MR) is 82.1 cm³/mol. The maximum Gasteiger partial charge on any atom is 0.317 e. The largest absolute Gasteiger partial charge is 0.481 e. The van der Waals surface area contributed by atoms with E-state index in [-0.39, 0.29) is 6.03 Å². The molecule has 0 bridgehead atoms. The van der Waals surface area contributed by atoms with Gasteiger partial charge in [-0.15, -0.1) is 6.58 Å². The van der Waals surface area contributed by atoms with Crippen LogP contribution in [0.5, 0.6) is 0 Å². The Labute approximate surface area is 124 Å². The van der Waals surface area contributed by atoms with Gasteiger partial charge in [-0.05, 0) is 12.8 Å². The van der Waals surface area contributed by atoms with Gasteiger partial charge in [-0.2, -0.15) is 11.8 Å². The number of hydrogen-bond acceptors (Lipinski definition) is 3. The van der Waals surface area contributed by atoms with Crippen molar-refractivity contribution in [3.63, 3.8) is 0 Å². The smallest absolute Gasteiger partial charge is 0.317 e. The van der Waals surface area contributed by atoms with Crippen molar-refractivity contribution < 1.29 is 14.7 Å². The zero-order chi connectivity index (χ0) is 15.0. The van der Waals surface area contributed by atoms with Crippen LogP contribution >= 0.6 is 11.8 Å². The summed E-state index contributed by atoms with van der Waals surface area (Å²) in [5, 5.41) is 12.2. The molecule has 0 aliphatic carbocycles. The minimum atomic E-state index is -0.781. The minimum absolute atomic E-state index is 0.150. The lowest BCUT2D eigenvalue weighted by molar-refractivity contribution is -0.148. The lowest BCUT2D eigenvalue weighted by Gasteiger charge is -2.24. The molecule has 5 nitrogen and oxygen atoms in total. The van der Waals surface area contributed by atoms with Crippen LogP contribution in [0.2, 0.25) is 0 Å². The summed E-state index contributed by atoms with van der Waals surface area (Å²) in [6.45, 7) is 7.06. The Morgan fingerprint density at radius 2 is 2.30 bits per heavy atom. The van der Waals surface area contributed by atoms with Crippen molar-refractivity contribution in [2.24, 2.45) is 5.41 Å². The number of carboxylic acids is 1. The van der Waals surface area contributed by atoms with Gasteiger partial charge >= 0.3 is 12.0 Å². The molecule has 0 aromatic carbocycles. The molecule has 2 N–H and O–H groups in total. The van der Waals surface area contributed by atoms with Gasteiger partial charge in [-0.3, -0.25) is 4.79 Å². The van der Waals surface area contributed by atoms with Crippen LogP contribution in [-0.2, 0) is 4.79 Å². The van der Waals surface area contributed by atoms with E-state index in [9.17, 15) is 14.7 Å². The van der Waals surface area contributed by atoms with Crippen LogP contribution in [0, 0.1) is 5.41 Å². The predicted octanol–water partition coefficient (Wildman–Crippen LogP) is 2.19. The Kier molecular flexibility index (Phi) is 6.91. The molecule has 114 valence electrons. The van der Waals surface area contributed by atoms with E-state index in [1.165, 1.54) is 0 Å². The molecular weight excluding hydrogens is 276 g/mol. The molecule has 1 aliphatic rings. The van der Waals surface area contributed by atoms with Crippen LogP contribution in [0.15, 0.2) is 12.7 Å². The number of amides is 2. The van der Waals surface area contributed by atoms with Gasteiger partial charge in [0.25, 0.3) is 0 Å². The second-order valence-electron chi connectivity index (χ2n) is 5.10. The third-order valence-electron chi connectivity index (χ3n) is 3.58. The van der Waals surface area contributed by atoms with Crippen molar-refractivity contribution in [1.82, 2.24) is 10.2 Å². The molecule has 2 amide bonds. The summed E-state index contributed by atoms with van der Waals surface area (Å²) in [4.78, 5) is 25.1. The Bertz CT molecular complexity index is 362. The molecule has 0 spiro atoms. The van der Waals surface area contributed by atoms with Crippen molar-refractivity contribution in [3.05, 3.63) is 12.7 Å². The first-order valence-electron chi connectivity index (χ1n) is 7.00. The molecule has 1 unspecified atom stereocenters. The number of hydrogen-bond donors (Lipinski definition) is 2. The fourth-order valence-electron chi connectivity index (χ4n) is 2.52. The van der Waals surface area contributed by atoms with Gasteiger partial charge in [-0.1, -0.05) is 19.4 Å². The summed E-state index contributed by atoms with van der Waals surface area (Å²) < 4.78 is 0. The fourth-order valence-corrected chi connectivity index (χ4v) is 3.10. The number of carbonyl (C=O) groups excluding carboxylic acids is 1. The van der Waals surface area contributed by atoms with E-state index in [4.69, 9.17) is 0 Å². The number of carboxylic acid groups (broad SMARTS) is 1. The molecule has 0 aromatic rings. The molecule has 1 heterocycles. The van der Waals surface area contributed by atoms with Crippen LogP contribution in [-0.4, -0.2) is 53.1 Å². The van der Waals surface area contributed by atoms with Crippen molar-refractivity contribution in [2.45, 2.75) is 26.2 Å². The molecule has 1 atom stereocenters. The molecule has 1 saturated heterocycles. The molecule has 1 aliphatic heterocycles. The van der Waals surface area contributed by atoms with Gasteiger partial charge in [-0.25, -0.2) is 4.79 Å². The Hall–Kier alpha value is -1.17. The third-order valence-corrected chi connectivity index (χ3v) is 4.55. The summed E-state index contributed by atoms with van der Waals surface area (Å²) in [7, 11) is 0. The average molecular weight is 300 g/mol. The summed E-state index contributed by atoms with van der Waals surface area (Å²) in [6, 6.07) is -0.150. The lowest BCUT2D eigenvalue weighted by atomic mass is 9.83. The van der Waals surface area contributed by atoms with Gasteiger partial charge in [0.05, 0.1) is 5.41 Å². The van der Waals surface area contributed by atoms with Gasteiger partial charge < -0.3 is 15.3 Å². The van der Waals surface area contributed by atoms with E-state index in [2.05, 4.69) is 11.9 Å². The standard InChI is InChI=1S/C14H24N2O3S/c1-3-5-14(12(17)18)6-8-16(11-14)13(19)15-7-10-20-9-4-2/h4H,2-3,5-11H2,1H3,(H,15,19)(H,17,18).